The quantitative estimate of drug-likeness (QED) is 0.760. The predicted octanol–water partition coefficient (Wildman–Crippen LogP) is 3.82. The first-order valence-corrected chi connectivity index (χ1v) is 11.5. The highest BCUT2D eigenvalue weighted by Crippen LogP contribution is 2.37. The number of hydrogen-bond acceptors (Lipinski definition) is 5. The SMILES string of the molecule is COc1ccc(N2CC(C(=O)N3CCSC(c4cccs4)CC3)CC2=O)cc1. The number of hydrogen-bond donors (Lipinski definition) is 0. The van der Waals surface area contributed by atoms with Gasteiger partial charge < -0.3 is 14.5 Å². The Morgan fingerprint density at radius 2 is 2.00 bits per heavy atom. The number of ether oxygens (including phenoxy) is 1. The largest absolute Gasteiger partial charge is 0.497 e. The van der Waals surface area contributed by atoms with Gasteiger partial charge in [-0.25, -0.2) is 0 Å². The fraction of sp³-hybridized carbons (Fsp3) is 0.429. The second-order valence-corrected chi connectivity index (χ2v) is 9.38. The molecule has 2 amide bonds. The van der Waals surface area contributed by atoms with E-state index in [1.165, 1.54) is 4.88 Å². The molecule has 2 aromatic rings. The zero-order chi connectivity index (χ0) is 19.5. The van der Waals surface area contributed by atoms with Gasteiger partial charge in [-0.3, -0.25) is 9.59 Å². The summed E-state index contributed by atoms with van der Waals surface area (Å²) in [5.74, 6) is 1.58. The van der Waals surface area contributed by atoms with Crippen LogP contribution in [0, 0.1) is 5.92 Å². The Morgan fingerprint density at radius 3 is 2.71 bits per heavy atom. The number of thiophene rings is 1. The number of carbonyl (C=O) groups is 2. The van der Waals surface area contributed by atoms with E-state index >= 15 is 0 Å². The fourth-order valence-corrected chi connectivity index (χ4v) is 6.07. The Balaban J connectivity index is 1.39. The molecule has 2 saturated heterocycles. The monoisotopic (exact) mass is 416 g/mol. The van der Waals surface area contributed by atoms with Gasteiger partial charge in [-0.2, -0.15) is 11.8 Å². The molecular weight excluding hydrogens is 392 g/mol. The minimum absolute atomic E-state index is 0.0178. The van der Waals surface area contributed by atoms with Crippen LogP contribution in [-0.2, 0) is 9.59 Å². The molecule has 148 valence electrons. The summed E-state index contributed by atoms with van der Waals surface area (Å²) < 4.78 is 5.18. The summed E-state index contributed by atoms with van der Waals surface area (Å²) in [6.07, 6.45) is 1.27. The van der Waals surface area contributed by atoms with Gasteiger partial charge in [0.25, 0.3) is 0 Å². The van der Waals surface area contributed by atoms with Crippen molar-refractivity contribution in [1.82, 2.24) is 4.90 Å². The third-order valence-electron chi connectivity index (χ3n) is 5.37. The number of nitrogens with zero attached hydrogens (tertiary/aromatic N) is 2. The van der Waals surface area contributed by atoms with Crippen LogP contribution in [-0.4, -0.2) is 49.2 Å². The molecular formula is C21H24N2O3S2. The highest BCUT2D eigenvalue weighted by atomic mass is 32.2. The summed E-state index contributed by atoms with van der Waals surface area (Å²) in [6.45, 7) is 1.99. The molecule has 5 nitrogen and oxygen atoms in total. The van der Waals surface area contributed by atoms with Crippen molar-refractivity contribution in [2.45, 2.75) is 18.1 Å². The lowest BCUT2D eigenvalue weighted by molar-refractivity contribution is -0.135. The number of carbonyl (C=O) groups excluding carboxylic acids is 2. The highest BCUT2D eigenvalue weighted by Gasteiger charge is 2.37. The Bertz CT molecular complexity index is 823. The zero-order valence-electron chi connectivity index (χ0n) is 15.9. The molecule has 2 aliphatic rings. The van der Waals surface area contributed by atoms with E-state index in [9.17, 15) is 9.59 Å². The number of benzene rings is 1. The maximum atomic E-state index is 13.1. The summed E-state index contributed by atoms with van der Waals surface area (Å²) in [4.78, 5) is 30.7. The van der Waals surface area contributed by atoms with Gasteiger partial charge in [0.15, 0.2) is 0 Å². The minimum Gasteiger partial charge on any atom is -0.497 e. The highest BCUT2D eigenvalue weighted by molar-refractivity contribution is 7.99. The smallest absolute Gasteiger partial charge is 0.228 e. The van der Waals surface area contributed by atoms with E-state index in [2.05, 4.69) is 17.5 Å². The summed E-state index contributed by atoms with van der Waals surface area (Å²) in [5, 5.41) is 2.58. The van der Waals surface area contributed by atoms with E-state index in [0.29, 0.717) is 18.2 Å². The number of thioether (sulfide) groups is 1. The van der Waals surface area contributed by atoms with Crippen LogP contribution in [0.25, 0.3) is 0 Å². The lowest BCUT2D eigenvalue weighted by Crippen LogP contribution is -2.38. The van der Waals surface area contributed by atoms with Gasteiger partial charge >= 0.3 is 0 Å². The van der Waals surface area contributed by atoms with Crippen LogP contribution in [0.2, 0.25) is 0 Å². The van der Waals surface area contributed by atoms with Gasteiger partial charge in [-0.05, 0) is 42.1 Å². The van der Waals surface area contributed by atoms with E-state index in [4.69, 9.17) is 4.74 Å². The van der Waals surface area contributed by atoms with E-state index in [0.717, 1.165) is 36.7 Å². The molecule has 0 aliphatic carbocycles. The lowest BCUT2D eigenvalue weighted by Gasteiger charge is -2.24. The van der Waals surface area contributed by atoms with Gasteiger partial charge in [0.2, 0.25) is 11.8 Å². The summed E-state index contributed by atoms with van der Waals surface area (Å²) in [7, 11) is 1.62. The summed E-state index contributed by atoms with van der Waals surface area (Å²) in [5.41, 5.74) is 0.824. The molecule has 2 aliphatic heterocycles. The van der Waals surface area contributed by atoms with Crippen LogP contribution >= 0.6 is 23.1 Å². The van der Waals surface area contributed by atoms with Crippen molar-refractivity contribution in [3.05, 3.63) is 46.7 Å². The lowest BCUT2D eigenvalue weighted by atomic mass is 10.1. The predicted molar refractivity (Wildman–Crippen MR) is 114 cm³/mol. The third-order valence-corrected chi connectivity index (χ3v) is 7.82. The summed E-state index contributed by atoms with van der Waals surface area (Å²) >= 11 is 3.72. The molecule has 0 bridgehead atoms. The van der Waals surface area contributed by atoms with Crippen molar-refractivity contribution in [3.8, 4) is 5.75 Å². The van der Waals surface area contributed by atoms with E-state index in [1.54, 1.807) is 23.3 Å². The molecule has 2 atom stereocenters. The molecule has 1 aromatic carbocycles. The average Bonchev–Trinajstić information content (AvgIpc) is 3.32. The first kappa shape index (κ1) is 19.3. The van der Waals surface area contributed by atoms with Crippen LogP contribution in [0.5, 0.6) is 5.75 Å². The second-order valence-electron chi connectivity index (χ2n) is 7.09. The van der Waals surface area contributed by atoms with Gasteiger partial charge in [0.05, 0.1) is 13.0 Å². The van der Waals surface area contributed by atoms with Crippen LogP contribution in [0.3, 0.4) is 0 Å². The maximum Gasteiger partial charge on any atom is 0.228 e. The Hall–Kier alpha value is -1.99. The van der Waals surface area contributed by atoms with Gasteiger partial charge in [-0.15, -0.1) is 11.3 Å². The molecule has 0 saturated carbocycles. The number of anilines is 1. The average molecular weight is 417 g/mol. The van der Waals surface area contributed by atoms with Crippen LogP contribution in [0.1, 0.15) is 23.0 Å². The molecule has 3 heterocycles. The number of rotatable bonds is 4. The molecule has 0 N–H and O–H groups in total. The summed E-state index contributed by atoms with van der Waals surface area (Å²) in [6, 6.07) is 11.7. The van der Waals surface area contributed by atoms with Crippen LogP contribution < -0.4 is 9.64 Å². The van der Waals surface area contributed by atoms with Gasteiger partial charge in [0.1, 0.15) is 5.75 Å². The topological polar surface area (TPSA) is 49.9 Å². The first-order valence-electron chi connectivity index (χ1n) is 9.54. The van der Waals surface area contributed by atoms with Crippen molar-refractivity contribution >= 4 is 40.6 Å². The standard InChI is InChI=1S/C21H24N2O3S2/c1-26-17-6-4-16(5-7-17)23-14-15(13-20(23)24)21(25)22-9-8-19(28-12-10-22)18-3-2-11-27-18/h2-7,11,15,19H,8-10,12-14H2,1H3. The van der Waals surface area contributed by atoms with Gasteiger partial charge in [0, 0.05) is 47.6 Å². The van der Waals surface area contributed by atoms with E-state index in [-0.39, 0.29) is 17.7 Å². The molecule has 28 heavy (non-hydrogen) atoms. The molecule has 2 unspecified atom stereocenters. The van der Waals surface area contributed by atoms with Crippen LogP contribution in [0.4, 0.5) is 5.69 Å². The maximum absolute atomic E-state index is 13.1. The molecule has 1 aromatic heterocycles. The molecule has 2 fully saturated rings. The van der Waals surface area contributed by atoms with Gasteiger partial charge in [-0.1, -0.05) is 6.07 Å². The van der Waals surface area contributed by atoms with E-state index in [1.807, 2.05) is 40.9 Å². The molecule has 0 spiro atoms. The Labute approximate surface area is 173 Å². The third kappa shape index (κ3) is 4.05. The fourth-order valence-electron chi connectivity index (χ4n) is 3.84. The van der Waals surface area contributed by atoms with Crippen molar-refractivity contribution in [2.24, 2.45) is 5.92 Å². The van der Waals surface area contributed by atoms with Crippen molar-refractivity contribution in [1.29, 1.82) is 0 Å². The minimum atomic E-state index is -0.252. The number of methoxy groups -OCH3 is 1. The first-order chi connectivity index (χ1) is 13.7. The Morgan fingerprint density at radius 1 is 1.18 bits per heavy atom. The number of amides is 2. The molecule has 7 heteroatoms. The van der Waals surface area contributed by atoms with Crippen molar-refractivity contribution < 1.29 is 14.3 Å². The Kier molecular flexibility index (Phi) is 5.92. The molecule has 4 rings (SSSR count). The van der Waals surface area contributed by atoms with E-state index < -0.39 is 0 Å². The molecule has 0 radical (unpaired) electrons. The van der Waals surface area contributed by atoms with Crippen molar-refractivity contribution in [3.63, 3.8) is 0 Å². The zero-order valence-corrected chi connectivity index (χ0v) is 17.5. The second kappa shape index (κ2) is 8.57. The normalized spacial score (nSPS) is 23.0. The van der Waals surface area contributed by atoms with Crippen LogP contribution in [0.15, 0.2) is 41.8 Å². The van der Waals surface area contributed by atoms with Crippen molar-refractivity contribution in [2.75, 3.05) is 37.4 Å².